The minimum Gasteiger partial charge on any atom is -0.486 e. The molecule has 0 aliphatic heterocycles. The van der Waals surface area contributed by atoms with Crippen LogP contribution in [0.4, 0.5) is 10.5 Å². The highest BCUT2D eigenvalue weighted by Crippen LogP contribution is 2.32. The summed E-state index contributed by atoms with van der Waals surface area (Å²) < 4.78 is 10.8. The predicted octanol–water partition coefficient (Wildman–Crippen LogP) is 4.36. The van der Waals surface area contributed by atoms with Crippen LogP contribution in [0.3, 0.4) is 0 Å². The number of aromatic nitrogens is 4. The van der Waals surface area contributed by atoms with Crippen LogP contribution in [-0.2, 0) is 11.3 Å². The van der Waals surface area contributed by atoms with Crippen LogP contribution >= 0.6 is 0 Å². The Balaban J connectivity index is 1.56. The molecule has 2 aromatic carbocycles. The van der Waals surface area contributed by atoms with E-state index in [2.05, 4.69) is 31.6 Å². The van der Waals surface area contributed by atoms with E-state index in [9.17, 15) is 10.1 Å². The van der Waals surface area contributed by atoms with E-state index in [1.807, 2.05) is 30.3 Å². The third kappa shape index (κ3) is 4.48. The highest BCUT2D eigenvalue weighted by molar-refractivity contribution is 5.94. The van der Waals surface area contributed by atoms with Crippen LogP contribution in [0, 0.1) is 11.3 Å². The number of hydrogen-bond acceptors (Lipinski definition) is 6. The third-order valence-corrected chi connectivity index (χ3v) is 4.49. The van der Waals surface area contributed by atoms with Gasteiger partial charge in [-0.1, -0.05) is 12.1 Å². The summed E-state index contributed by atoms with van der Waals surface area (Å²) in [5.74, 6) is 1.26. The lowest BCUT2D eigenvalue weighted by Gasteiger charge is -2.09. The number of rotatable bonds is 6. The minimum atomic E-state index is -0.510. The van der Waals surface area contributed by atoms with Crippen molar-refractivity contribution in [2.45, 2.75) is 26.6 Å². The largest absolute Gasteiger partial charge is 0.486 e. The first kappa shape index (κ1) is 20.0. The molecule has 0 aliphatic carbocycles. The van der Waals surface area contributed by atoms with Gasteiger partial charge in [-0.2, -0.15) is 10.4 Å². The SMILES string of the molecule is CC(C)OC(=O)Nc1ccc(-c2[nH]c3cc(OCc4ncn[nH]4)ccc3c2C#N)cc1. The molecular formula is C22H20N6O3. The molecule has 0 atom stereocenters. The summed E-state index contributed by atoms with van der Waals surface area (Å²) in [5.41, 5.74) is 3.44. The maximum absolute atomic E-state index is 11.8. The van der Waals surface area contributed by atoms with Crippen LogP contribution < -0.4 is 10.1 Å². The fourth-order valence-corrected chi connectivity index (χ4v) is 3.13. The molecule has 3 N–H and O–H groups in total. The number of nitriles is 1. The number of hydrogen-bond donors (Lipinski definition) is 3. The third-order valence-electron chi connectivity index (χ3n) is 4.49. The monoisotopic (exact) mass is 416 g/mol. The van der Waals surface area contributed by atoms with Crippen LogP contribution in [0.2, 0.25) is 0 Å². The number of nitrogens with one attached hydrogen (secondary N) is 3. The van der Waals surface area contributed by atoms with Gasteiger partial charge >= 0.3 is 6.09 Å². The molecule has 9 nitrogen and oxygen atoms in total. The lowest BCUT2D eigenvalue weighted by atomic mass is 10.1. The quantitative estimate of drug-likeness (QED) is 0.428. The summed E-state index contributed by atoms with van der Waals surface area (Å²) in [7, 11) is 0. The average molecular weight is 416 g/mol. The predicted molar refractivity (Wildman–Crippen MR) is 114 cm³/mol. The molecule has 1 amide bonds. The highest BCUT2D eigenvalue weighted by atomic mass is 16.6. The first-order valence-electron chi connectivity index (χ1n) is 9.64. The number of ether oxygens (including phenoxy) is 2. The summed E-state index contributed by atoms with van der Waals surface area (Å²) >= 11 is 0. The van der Waals surface area contributed by atoms with Gasteiger partial charge in [-0.15, -0.1) is 0 Å². The average Bonchev–Trinajstić information content (AvgIpc) is 3.39. The summed E-state index contributed by atoms with van der Waals surface area (Å²) in [4.78, 5) is 19.1. The molecule has 9 heteroatoms. The Kier molecular flexibility index (Phi) is 5.53. The molecule has 4 rings (SSSR count). The number of fused-ring (bicyclic) bond motifs is 1. The smallest absolute Gasteiger partial charge is 0.411 e. The summed E-state index contributed by atoms with van der Waals surface area (Å²) in [6, 6.07) is 15.0. The lowest BCUT2D eigenvalue weighted by molar-refractivity contribution is 0.130. The lowest BCUT2D eigenvalue weighted by Crippen LogP contribution is -2.17. The molecule has 156 valence electrons. The highest BCUT2D eigenvalue weighted by Gasteiger charge is 2.14. The standard InChI is InChI=1S/C22H20N6O3/c1-13(2)31-22(29)26-15-5-3-14(4-6-15)21-18(10-23)17-8-7-16(9-19(17)27-21)30-11-20-24-12-25-28-20/h3-9,12-13,27H,11H2,1-2H3,(H,26,29)(H,24,25,28). The Morgan fingerprint density at radius 2 is 2.03 bits per heavy atom. The molecular weight excluding hydrogens is 396 g/mol. The molecule has 0 fully saturated rings. The second-order valence-corrected chi connectivity index (χ2v) is 7.07. The van der Waals surface area contributed by atoms with Crippen molar-refractivity contribution >= 4 is 22.7 Å². The van der Waals surface area contributed by atoms with E-state index in [4.69, 9.17) is 9.47 Å². The van der Waals surface area contributed by atoms with Crippen LogP contribution in [0.5, 0.6) is 5.75 Å². The number of nitrogens with zero attached hydrogens (tertiary/aromatic N) is 3. The van der Waals surface area contributed by atoms with E-state index in [-0.39, 0.29) is 12.7 Å². The fraction of sp³-hybridized carbons (Fsp3) is 0.182. The zero-order valence-electron chi connectivity index (χ0n) is 17.0. The summed E-state index contributed by atoms with van der Waals surface area (Å²) in [5, 5.41) is 19.7. The molecule has 0 unspecified atom stereocenters. The van der Waals surface area contributed by atoms with E-state index in [0.29, 0.717) is 28.5 Å². The van der Waals surface area contributed by atoms with Crippen LogP contribution in [0.1, 0.15) is 25.2 Å². The van der Waals surface area contributed by atoms with Crippen LogP contribution in [-0.4, -0.2) is 32.4 Å². The molecule has 31 heavy (non-hydrogen) atoms. The van der Waals surface area contributed by atoms with E-state index in [0.717, 1.165) is 16.5 Å². The second-order valence-electron chi connectivity index (χ2n) is 7.07. The number of aromatic amines is 2. The molecule has 4 aromatic rings. The van der Waals surface area contributed by atoms with Gasteiger partial charge in [0.25, 0.3) is 0 Å². The van der Waals surface area contributed by atoms with Crippen molar-refractivity contribution in [3.63, 3.8) is 0 Å². The number of anilines is 1. The number of H-pyrrole nitrogens is 2. The normalized spacial score (nSPS) is 10.8. The van der Waals surface area contributed by atoms with E-state index < -0.39 is 6.09 Å². The van der Waals surface area contributed by atoms with E-state index >= 15 is 0 Å². The second kappa shape index (κ2) is 8.59. The Hall–Kier alpha value is -4.32. The maximum atomic E-state index is 11.8. The maximum Gasteiger partial charge on any atom is 0.411 e. The van der Waals surface area contributed by atoms with Crippen molar-refractivity contribution in [3.05, 3.63) is 60.2 Å². The van der Waals surface area contributed by atoms with Gasteiger partial charge in [0.1, 0.15) is 24.8 Å². The van der Waals surface area contributed by atoms with Crippen molar-refractivity contribution in [2.24, 2.45) is 0 Å². The topological polar surface area (TPSA) is 129 Å². The van der Waals surface area contributed by atoms with Crippen molar-refractivity contribution in [1.82, 2.24) is 20.2 Å². The zero-order valence-corrected chi connectivity index (χ0v) is 17.0. The number of benzene rings is 2. The van der Waals surface area contributed by atoms with Gasteiger partial charge in [0.05, 0.1) is 22.9 Å². The molecule has 0 bridgehead atoms. The number of amides is 1. The van der Waals surface area contributed by atoms with Crippen molar-refractivity contribution < 1.29 is 14.3 Å². The molecule has 0 saturated carbocycles. The van der Waals surface area contributed by atoms with Gasteiger partial charge in [0.2, 0.25) is 0 Å². The Morgan fingerprint density at radius 3 is 2.71 bits per heavy atom. The van der Waals surface area contributed by atoms with Gasteiger partial charge < -0.3 is 14.5 Å². The molecule has 0 spiro atoms. The Labute approximate surface area is 178 Å². The van der Waals surface area contributed by atoms with Gasteiger partial charge in [0.15, 0.2) is 5.82 Å². The fourth-order valence-electron chi connectivity index (χ4n) is 3.13. The summed E-state index contributed by atoms with van der Waals surface area (Å²) in [6.07, 6.45) is 0.712. The van der Waals surface area contributed by atoms with E-state index in [1.54, 1.807) is 26.0 Å². The number of carbonyl (C=O) groups excluding carboxylic acids is 1. The Bertz CT molecular complexity index is 1240. The van der Waals surface area contributed by atoms with Crippen molar-refractivity contribution in [1.29, 1.82) is 5.26 Å². The van der Waals surface area contributed by atoms with Gasteiger partial charge in [-0.3, -0.25) is 10.4 Å². The van der Waals surface area contributed by atoms with Crippen LogP contribution in [0.15, 0.2) is 48.8 Å². The Morgan fingerprint density at radius 1 is 1.23 bits per heavy atom. The minimum absolute atomic E-state index is 0.201. The van der Waals surface area contributed by atoms with Crippen LogP contribution in [0.25, 0.3) is 22.2 Å². The molecule has 0 saturated heterocycles. The first-order valence-corrected chi connectivity index (χ1v) is 9.64. The van der Waals surface area contributed by atoms with Crippen molar-refractivity contribution in [3.8, 4) is 23.1 Å². The molecule has 2 aromatic heterocycles. The first-order chi connectivity index (χ1) is 15.0. The molecule has 2 heterocycles. The van der Waals surface area contributed by atoms with Gasteiger partial charge in [0, 0.05) is 17.1 Å². The van der Waals surface area contributed by atoms with Gasteiger partial charge in [-0.05, 0) is 43.7 Å². The van der Waals surface area contributed by atoms with Gasteiger partial charge in [-0.25, -0.2) is 9.78 Å². The van der Waals surface area contributed by atoms with Crippen molar-refractivity contribution in [2.75, 3.05) is 5.32 Å². The summed E-state index contributed by atoms with van der Waals surface area (Å²) in [6.45, 7) is 3.83. The molecule has 0 radical (unpaired) electrons. The zero-order chi connectivity index (χ0) is 21.8. The molecule has 0 aliphatic rings. The van der Waals surface area contributed by atoms with E-state index in [1.165, 1.54) is 6.33 Å². The number of carbonyl (C=O) groups is 1.